The van der Waals surface area contributed by atoms with Gasteiger partial charge in [-0.25, -0.2) is 0 Å². The molecule has 0 atom stereocenters. The quantitative estimate of drug-likeness (QED) is 0.830. The highest BCUT2D eigenvalue weighted by atomic mass is 79.9. The van der Waals surface area contributed by atoms with Crippen LogP contribution in [0.25, 0.3) is 6.08 Å². The fourth-order valence-corrected chi connectivity index (χ4v) is 2.13. The van der Waals surface area contributed by atoms with E-state index in [-0.39, 0.29) is 6.54 Å². The van der Waals surface area contributed by atoms with Gasteiger partial charge in [0.2, 0.25) is 5.91 Å². The number of aliphatic carboxylic acids is 1. The SMILES string of the molecule is O=C(O)CNC(=O)/C=C/c1cc(Br)cs1. The van der Waals surface area contributed by atoms with Crippen LogP contribution in [0.1, 0.15) is 4.88 Å². The van der Waals surface area contributed by atoms with Gasteiger partial charge in [-0.05, 0) is 28.1 Å². The number of carbonyl (C=O) groups excluding carboxylic acids is 1. The molecule has 6 heteroatoms. The van der Waals surface area contributed by atoms with Crippen LogP contribution in [0.4, 0.5) is 0 Å². The molecular formula is C9H8BrNO3S. The average molecular weight is 290 g/mol. The minimum Gasteiger partial charge on any atom is -0.480 e. The molecule has 15 heavy (non-hydrogen) atoms. The molecule has 2 N–H and O–H groups in total. The number of nitrogens with one attached hydrogen (secondary N) is 1. The van der Waals surface area contributed by atoms with Gasteiger partial charge in [-0.3, -0.25) is 9.59 Å². The van der Waals surface area contributed by atoms with Crippen molar-refractivity contribution in [3.8, 4) is 0 Å². The van der Waals surface area contributed by atoms with Crippen LogP contribution in [0.5, 0.6) is 0 Å². The maximum absolute atomic E-state index is 11.1. The third-order valence-corrected chi connectivity index (χ3v) is 3.06. The Kier molecular flexibility index (Phi) is 4.51. The molecule has 0 aromatic carbocycles. The first kappa shape index (κ1) is 11.9. The highest BCUT2D eigenvalue weighted by molar-refractivity contribution is 9.10. The van der Waals surface area contributed by atoms with Gasteiger partial charge in [0.15, 0.2) is 0 Å². The highest BCUT2D eigenvalue weighted by Gasteiger charge is 1.99. The molecule has 1 amide bonds. The summed E-state index contributed by atoms with van der Waals surface area (Å²) in [5.74, 6) is -1.47. The van der Waals surface area contributed by atoms with Gasteiger partial charge in [0.25, 0.3) is 0 Å². The van der Waals surface area contributed by atoms with Crippen LogP contribution in [0.3, 0.4) is 0 Å². The number of amides is 1. The van der Waals surface area contributed by atoms with Gasteiger partial charge < -0.3 is 10.4 Å². The summed E-state index contributed by atoms with van der Waals surface area (Å²) in [5.41, 5.74) is 0. The summed E-state index contributed by atoms with van der Waals surface area (Å²) >= 11 is 4.77. The van der Waals surface area contributed by atoms with E-state index < -0.39 is 11.9 Å². The Morgan fingerprint density at radius 3 is 2.87 bits per heavy atom. The normalized spacial score (nSPS) is 10.5. The van der Waals surface area contributed by atoms with Crippen molar-refractivity contribution in [1.29, 1.82) is 0 Å². The zero-order valence-electron chi connectivity index (χ0n) is 7.57. The second-order valence-electron chi connectivity index (χ2n) is 2.61. The lowest BCUT2D eigenvalue weighted by molar-refractivity contribution is -0.137. The minimum atomic E-state index is -1.06. The Balaban J connectivity index is 2.44. The van der Waals surface area contributed by atoms with E-state index in [1.54, 1.807) is 6.08 Å². The van der Waals surface area contributed by atoms with E-state index in [1.165, 1.54) is 17.4 Å². The topological polar surface area (TPSA) is 66.4 Å². The monoisotopic (exact) mass is 289 g/mol. The van der Waals surface area contributed by atoms with Crippen molar-refractivity contribution in [1.82, 2.24) is 5.32 Å². The zero-order valence-corrected chi connectivity index (χ0v) is 9.97. The van der Waals surface area contributed by atoms with Crippen LogP contribution >= 0.6 is 27.3 Å². The van der Waals surface area contributed by atoms with Gasteiger partial charge >= 0.3 is 5.97 Å². The van der Waals surface area contributed by atoms with E-state index in [0.717, 1.165) is 9.35 Å². The summed E-state index contributed by atoms with van der Waals surface area (Å²) in [4.78, 5) is 22.1. The summed E-state index contributed by atoms with van der Waals surface area (Å²) in [6.07, 6.45) is 2.94. The molecule has 0 radical (unpaired) electrons. The third-order valence-electron chi connectivity index (χ3n) is 1.40. The number of halogens is 1. The highest BCUT2D eigenvalue weighted by Crippen LogP contribution is 2.20. The molecule has 80 valence electrons. The van der Waals surface area contributed by atoms with E-state index in [2.05, 4.69) is 21.2 Å². The van der Waals surface area contributed by atoms with Gasteiger partial charge in [0.05, 0.1) is 0 Å². The first-order valence-corrected chi connectivity index (χ1v) is 5.67. The number of hydrogen-bond donors (Lipinski definition) is 2. The minimum absolute atomic E-state index is 0.364. The van der Waals surface area contributed by atoms with Crippen molar-refractivity contribution in [3.63, 3.8) is 0 Å². The number of carbonyl (C=O) groups is 2. The van der Waals surface area contributed by atoms with E-state index in [0.29, 0.717) is 0 Å². The van der Waals surface area contributed by atoms with E-state index in [9.17, 15) is 9.59 Å². The summed E-state index contributed by atoms with van der Waals surface area (Å²) in [6, 6.07) is 1.87. The van der Waals surface area contributed by atoms with Crippen molar-refractivity contribution < 1.29 is 14.7 Å². The van der Waals surface area contributed by atoms with Gasteiger partial charge in [-0.1, -0.05) is 0 Å². The molecular weight excluding hydrogens is 282 g/mol. The Bertz CT molecular complexity index is 400. The molecule has 0 saturated carbocycles. The predicted octanol–water partition coefficient (Wildman–Crippen LogP) is 1.72. The number of thiophene rings is 1. The molecule has 0 fully saturated rings. The molecule has 1 heterocycles. The summed E-state index contributed by atoms with van der Waals surface area (Å²) in [5, 5.41) is 12.4. The molecule has 0 bridgehead atoms. The maximum Gasteiger partial charge on any atom is 0.322 e. The lowest BCUT2D eigenvalue weighted by Gasteiger charge is -1.95. The maximum atomic E-state index is 11.1. The first-order chi connectivity index (χ1) is 7.08. The fourth-order valence-electron chi connectivity index (χ4n) is 0.795. The summed E-state index contributed by atoms with van der Waals surface area (Å²) in [7, 11) is 0. The number of hydrogen-bond acceptors (Lipinski definition) is 3. The number of carboxylic acids is 1. The lowest BCUT2D eigenvalue weighted by atomic mass is 10.4. The van der Waals surface area contributed by atoms with Gasteiger partial charge in [-0.2, -0.15) is 0 Å². The average Bonchev–Trinajstić information content (AvgIpc) is 2.58. The van der Waals surface area contributed by atoms with Crippen LogP contribution in [-0.2, 0) is 9.59 Å². The Hall–Kier alpha value is -1.14. The van der Waals surface area contributed by atoms with Gasteiger partial charge in [-0.15, -0.1) is 11.3 Å². The van der Waals surface area contributed by atoms with Crippen LogP contribution in [0, 0.1) is 0 Å². The fraction of sp³-hybridized carbons (Fsp3) is 0.111. The molecule has 0 unspecified atom stereocenters. The third kappa shape index (κ3) is 4.75. The van der Waals surface area contributed by atoms with Gasteiger partial charge in [0, 0.05) is 20.8 Å². The molecule has 4 nitrogen and oxygen atoms in total. The van der Waals surface area contributed by atoms with Crippen LogP contribution < -0.4 is 5.32 Å². The van der Waals surface area contributed by atoms with Crippen molar-refractivity contribution >= 4 is 45.2 Å². The second kappa shape index (κ2) is 5.67. The van der Waals surface area contributed by atoms with Crippen molar-refractivity contribution in [2.24, 2.45) is 0 Å². The molecule has 0 saturated heterocycles. The molecule has 0 spiro atoms. The van der Waals surface area contributed by atoms with Crippen LogP contribution in [0.15, 0.2) is 22.0 Å². The Morgan fingerprint density at radius 2 is 2.33 bits per heavy atom. The Morgan fingerprint density at radius 1 is 1.60 bits per heavy atom. The van der Waals surface area contributed by atoms with Crippen molar-refractivity contribution in [3.05, 3.63) is 26.9 Å². The number of carboxylic acid groups (broad SMARTS) is 1. The summed E-state index contributed by atoms with van der Waals surface area (Å²) in [6.45, 7) is -0.364. The number of rotatable bonds is 4. The molecule has 0 aliphatic heterocycles. The first-order valence-electron chi connectivity index (χ1n) is 3.99. The standard InChI is InChI=1S/C9H8BrNO3S/c10-6-3-7(15-5-6)1-2-8(12)11-4-9(13)14/h1-3,5H,4H2,(H,11,12)(H,13,14)/b2-1+. The van der Waals surface area contributed by atoms with Crippen LogP contribution in [-0.4, -0.2) is 23.5 Å². The van der Waals surface area contributed by atoms with E-state index >= 15 is 0 Å². The molecule has 0 aliphatic carbocycles. The Labute approximate surface area is 98.7 Å². The van der Waals surface area contributed by atoms with Crippen molar-refractivity contribution in [2.75, 3.05) is 6.54 Å². The van der Waals surface area contributed by atoms with Crippen molar-refractivity contribution in [2.45, 2.75) is 0 Å². The second-order valence-corrected chi connectivity index (χ2v) is 4.47. The smallest absolute Gasteiger partial charge is 0.322 e. The molecule has 0 aliphatic rings. The van der Waals surface area contributed by atoms with Crippen LogP contribution in [0.2, 0.25) is 0 Å². The molecule has 1 aromatic rings. The lowest BCUT2D eigenvalue weighted by Crippen LogP contribution is -2.27. The molecule has 1 rings (SSSR count). The van der Waals surface area contributed by atoms with Gasteiger partial charge in [0.1, 0.15) is 6.54 Å². The summed E-state index contributed by atoms with van der Waals surface area (Å²) < 4.78 is 0.957. The van der Waals surface area contributed by atoms with E-state index in [4.69, 9.17) is 5.11 Å². The molecule has 1 aromatic heterocycles. The largest absolute Gasteiger partial charge is 0.480 e. The van der Waals surface area contributed by atoms with E-state index in [1.807, 2.05) is 11.4 Å². The zero-order chi connectivity index (χ0) is 11.3. The predicted molar refractivity (Wildman–Crippen MR) is 61.7 cm³/mol.